The SMILES string of the molecule is NC1(C2=CC=CC(Br)(OCc3ccccc3F)C2)N=CNc2cnc(Cl)cc21. The minimum absolute atomic E-state index is 0.115. The van der Waals surface area contributed by atoms with E-state index in [0.29, 0.717) is 17.1 Å². The lowest BCUT2D eigenvalue weighted by Crippen LogP contribution is -2.43. The lowest BCUT2D eigenvalue weighted by molar-refractivity contribution is 0.0475. The van der Waals surface area contributed by atoms with E-state index in [1.807, 2.05) is 18.2 Å². The summed E-state index contributed by atoms with van der Waals surface area (Å²) in [5.41, 5.74) is 8.36. The lowest BCUT2D eigenvalue weighted by Gasteiger charge is -2.37. The summed E-state index contributed by atoms with van der Waals surface area (Å²) in [4.78, 5) is 8.57. The van der Waals surface area contributed by atoms with Gasteiger partial charge in [0, 0.05) is 17.5 Å². The standard InChI is InChI=1S/C20H17BrClFN4O/c21-19(28-11-13-4-1-2-6-16(13)23)7-3-5-14(9-19)20(24)15-8-18(22)25-10-17(15)26-12-27-20/h1-8,10,12H,9,11,24H2,(H,26,27). The van der Waals surface area contributed by atoms with Gasteiger partial charge in [-0.05, 0) is 39.7 Å². The first-order valence-electron chi connectivity index (χ1n) is 8.60. The molecule has 28 heavy (non-hydrogen) atoms. The first-order valence-corrected chi connectivity index (χ1v) is 9.77. The van der Waals surface area contributed by atoms with Crippen LogP contribution in [0.3, 0.4) is 0 Å². The van der Waals surface area contributed by atoms with Gasteiger partial charge in [-0.1, -0.05) is 42.0 Å². The molecule has 2 aliphatic rings. The molecule has 4 rings (SSSR count). The number of nitrogens with zero attached hydrogens (tertiary/aromatic N) is 2. The van der Waals surface area contributed by atoms with Crippen molar-refractivity contribution in [3.63, 3.8) is 0 Å². The highest BCUT2D eigenvalue weighted by Crippen LogP contribution is 2.44. The summed E-state index contributed by atoms with van der Waals surface area (Å²) >= 11 is 9.71. The zero-order valence-corrected chi connectivity index (χ0v) is 17.0. The summed E-state index contributed by atoms with van der Waals surface area (Å²) in [6.45, 7) is 0.115. The number of anilines is 1. The molecular weight excluding hydrogens is 447 g/mol. The average Bonchev–Trinajstić information content (AvgIpc) is 2.68. The number of halogens is 3. The van der Waals surface area contributed by atoms with Gasteiger partial charge >= 0.3 is 0 Å². The highest BCUT2D eigenvalue weighted by molar-refractivity contribution is 9.10. The highest BCUT2D eigenvalue weighted by Gasteiger charge is 2.41. The van der Waals surface area contributed by atoms with Gasteiger partial charge < -0.3 is 10.1 Å². The molecule has 2 unspecified atom stereocenters. The van der Waals surface area contributed by atoms with Crippen molar-refractivity contribution in [3.05, 3.63) is 82.4 Å². The topological polar surface area (TPSA) is 72.5 Å². The third kappa shape index (κ3) is 3.63. The molecule has 1 aliphatic heterocycles. The van der Waals surface area contributed by atoms with Crippen LogP contribution in [-0.4, -0.2) is 15.8 Å². The molecule has 5 nitrogen and oxygen atoms in total. The molecule has 1 aliphatic carbocycles. The van der Waals surface area contributed by atoms with Gasteiger partial charge in [-0.25, -0.2) is 14.4 Å². The van der Waals surface area contributed by atoms with E-state index in [9.17, 15) is 4.39 Å². The van der Waals surface area contributed by atoms with Crippen molar-refractivity contribution in [2.24, 2.45) is 10.7 Å². The van der Waals surface area contributed by atoms with E-state index in [0.717, 1.165) is 16.8 Å². The van der Waals surface area contributed by atoms with E-state index in [2.05, 4.69) is 31.2 Å². The lowest BCUT2D eigenvalue weighted by atomic mass is 9.85. The van der Waals surface area contributed by atoms with Crippen LogP contribution in [0.25, 0.3) is 0 Å². The predicted octanol–water partition coefficient (Wildman–Crippen LogP) is 4.63. The molecule has 0 bridgehead atoms. The van der Waals surface area contributed by atoms with E-state index in [1.54, 1.807) is 36.8 Å². The Hall–Kier alpha value is -2.06. The van der Waals surface area contributed by atoms with Crippen LogP contribution in [-0.2, 0) is 17.0 Å². The number of rotatable bonds is 4. The molecule has 2 aromatic rings. The fourth-order valence-electron chi connectivity index (χ4n) is 3.25. The van der Waals surface area contributed by atoms with Crippen molar-refractivity contribution in [2.75, 3.05) is 5.32 Å². The third-order valence-corrected chi connectivity index (χ3v) is 5.74. The Morgan fingerprint density at radius 3 is 3.00 bits per heavy atom. The van der Waals surface area contributed by atoms with Gasteiger partial charge in [0.1, 0.15) is 15.5 Å². The van der Waals surface area contributed by atoms with Gasteiger partial charge in [-0.15, -0.1) is 0 Å². The maximum Gasteiger partial charge on any atom is 0.160 e. The number of hydrogen-bond acceptors (Lipinski definition) is 5. The molecule has 1 aromatic carbocycles. The van der Waals surface area contributed by atoms with Crippen LogP contribution in [0.2, 0.25) is 5.15 Å². The number of pyridine rings is 1. The number of allylic oxidation sites excluding steroid dienone is 2. The first-order chi connectivity index (χ1) is 13.4. The molecule has 8 heteroatoms. The van der Waals surface area contributed by atoms with Crippen LogP contribution in [0.5, 0.6) is 0 Å². The molecular formula is C20H17BrClFN4O. The van der Waals surface area contributed by atoms with Crippen molar-refractivity contribution >= 4 is 39.6 Å². The Balaban J connectivity index is 1.59. The molecule has 0 radical (unpaired) electrons. The van der Waals surface area contributed by atoms with Crippen molar-refractivity contribution in [1.82, 2.24) is 4.98 Å². The molecule has 0 fully saturated rings. The highest BCUT2D eigenvalue weighted by atomic mass is 79.9. The second-order valence-corrected chi connectivity index (χ2v) is 8.35. The number of ether oxygens (including phenoxy) is 1. The zero-order valence-electron chi connectivity index (χ0n) is 14.7. The second kappa shape index (κ2) is 7.40. The van der Waals surface area contributed by atoms with E-state index in [1.165, 1.54) is 6.07 Å². The van der Waals surface area contributed by atoms with Gasteiger partial charge in [-0.2, -0.15) is 0 Å². The smallest absolute Gasteiger partial charge is 0.160 e. The summed E-state index contributed by atoms with van der Waals surface area (Å²) in [7, 11) is 0. The molecule has 0 spiro atoms. The molecule has 3 N–H and O–H groups in total. The Labute approximate surface area is 175 Å². The summed E-state index contributed by atoms with van der Waals surface area (Å²) in [5, 5.41) is 3.37. The third-order valence-electron chi connectivity index (χ3n) is 4.76. The van der Waals surface area contributed by atoms with Crippen molar-refractivity contribution in [1.29, 1.82) is 0 Å². The maximum atomic E-state index is 13.9. The molecule has 2 heterocycles. The number of fused-ring (bicyclic) bond motifs is 1. The average molecular weight is 464 g/mol. The number of hydrogen-bond donors (Lipinski definition) is 2. The Bertz CT molecular complexity index is 1010. The largest absolute Gasteiger partial charge is 0.355 e. The van der Waals surface area contributed by atoms with Crippen molar-refractivity contribution in [3.8, 4) is 0 Å². The van der Waals surface area contributed by atoms with E-state index < -0.39 is 10.2 Å². The number of aromatic nitrogens is 1. The minimum Gasteiger partial charge on any atom is -0.355 e. The quantitative estimate of drug-likeness (QED) is 0.512. The fraction of sp³-hybridized carbons (Fsp3) is 0.200. The molecule has 144 valence electrons. The van der Waals surface area contributed by atoms with Crippen LogP contribution in [0.1, 0.15) is 17.5 Å². The van der Waals surface area contributed by atoms with E-state index >= 15 is 0 Å². The van der Waals surface area contributed by atoms with Gasteiger partial charge in [0.25, 0.3) is 0 Å². The van der Waals surface area contributed by atoms with Gasteiger partial charge in [0.05, 0.1) is 24.8 Å². The Kier molecular flexibility index (Phi) is 5.09. The molecule has 0 amide bonds. The first kappa shape index (κ1) is 19.3. The number of alkyl halides is 1. The van der Waals surface area contributed by atoms with E-state index in [4.69, 9.17) is 22.1 Å². The minimum atomic E-state index is -1.11. The number of nitrogens with two attached hydrogens (primary N) is 1. The monoisotopic (exact) mass is 462 g/mol. The number of benzene rings is 1. The molecule has 0 saturated heterocycles. The maximum absolute atomic E-state index is 13.9. The Morgan fingerprint density at radius 2 is 2.18 bits per heavy atom. The summed E-state index contributed by atoms with van der Waals surface area (Å²) in [5.74, 6) is -0.302. The number of nitrogens with one attached hydrogen (secondary N) is 1. The summed E-state index contributed by atoms with van der Waals surface area (Å²) < 4.78 is 19.1. The number of aliphatic imine (C=N–C) groups is 1. The summed E-state index contributed by atoms with van der Waals surface area (Å²) in [6.07, 6.45) is 9.22. The van der Waals surface area contributed by atoms with Crippen molar-refractivity contribution in [2.45, 2.75) is 23.2 Å². The zero-order chi connectivity index (χ0) is 19.8. The van der Waals surface area contributed by atoms with Crippen LogP contribution in [0.4, 0.5) is 10.1 Å². The summed E-state index contributed by atoms with van der Waals surface area (Å²) in [6, 6.07) is 8.24. The Morgan fingerprint density at radius 1 is 1.36 bits per heavy atom. The molecule has 0 saturated carbocycles. The van der Waals surface area contributed by atoms with Crippen LogP contribution in [0, 0.1) is 5.82 Å². The molecule has 2 atom stereocenters. The van der Waals surface area contributed by atoms with Gasteiger partial charge in [-0.3, -0.25) is 5.73 Å². The van der Waals surface area contributed by atoms with Crippen LogP contribution < -0.4 is 11.1 Å². The van der Waals surface area contributed by atoms with Crippen LogP contribution in [0.15, 0.2) is 65.3 Å². The molecule has 1 aromatic heterocycles. The van der Waals surface area contributed by atoms with Crippen LogP contribution >= 0.6 is 27.5 Å². The predicted molar refractivity (Wildman–Crippen MR) is 112 cm³/mol. The van der Waals surface area contributed by atoms with Gasteiger partial charge in [0.15, 0.2) is 5.66 Å². The van der Waals surface area contributed by atoms with E-state index in [-0.39, 0.29) is 12.4 Å². The van der Waals surface area contributed by atoms with Gasteiger partial charge in [0.2, 0.25) is 0 Å². The normalized spacial score (nSPS) is 25.8. The van der Waals surface area contributed by atoms with Crippen molar-refractivity contribution < 1.29 is 9.13 Å². The fourth-order valence-corrected chi connectivity index (χ4v) is 3.98. The second-order valence-electron chi connectivity index (χ2n) is 6.62.